The van der Waals surface area contributed by atoms with E-state index < -0.39 is 6.61 Å². The summed E-state index contributed by atoms with van der Waals surface area (Å²) >= 11 is 3.44. The lowest BCUT2D eigenvalue weighted by molar-refractivity contribution is -0.0503. The lowest BCUT2D eigenvalue weighted by Crippen LogP contribution is -2.41. The first kappa shape index (κ1) is 16.2. The highest BCUT2D eigenvalue weighted by molar-refractivity contribution is 9.09. The Balaban J connectivity index is 2.25. The van der Waals surface area contributed by atoms with Crippen LogP contribution in [0.25, 0.3) is 0 Å². The Kier molecular flexibility index (Phi) is 5.96. The monoisotopic (exact) mass is 361 g/mol. The number of halogens is 3. The molecule has 21 heavy (non-hydrogen) atoms. The second-order valence-corrected chi connectivity index (χ2v) is 5.68. The number of carbonyl (C=O) groups excluding carboxylic acids is 1. The Morgan fingerprint density at radius 1 is 1.33 bits per heavy atom. The predicted octanol–water partition coefficient (Wildman–Crippen LogP) is 4.07. The summed E-state index contributed by atoms with van der Waals surface area (Å²) in [5.74, 6) is -0.298. The van der Waals surface area contributed by atoms with E-state index in [1.54, 1.807) is 17.0 Å². The Hall–Kier alpha value is -1.17. The molecule has 0 saturated carbocycles. The summed E-state index contributed by atoms with van der Waals surface area (Å²) in [6.07, 6.45) is 4.03. The first-order valence-electron chi connectivity index (χ1n) is 7.04. The van der Waals surface area contributed by atoms with Crippen molar-refractivity contribution in [3.63, 3.8) is 0 Å². The number of ether oxygens (including phenoxy) is 1. The average molecular weight is 362 g/mol. The summed E-state index contributed by atoms with van der Waals surface area (Å²) in [5.41, 5.74) is 0.200. The lowest BCUT2D eigenvalue weighted by Gasteiger charge is -2.29. The van der Waals surface area contributed by atoms with Gasteiger partial charge in [-0.15, -0.1) is 0 Å². The van der Waals surface area contributed by atoms with Crippen molar-refractivity contribution in [3.05, 3.63) is 29.8 Å². The van der Waals surface area contributed by atoms with Crippen molar-refractivity contribution in [3.8, 4) is 5.75 Å². The highest BCUT2D eigenvalue weighted by Crippen LogP contribution is 2.26. The van der Waals surface area contributed by atoms with Gasteiger partial charge in [-0.3, -0.25) is 4.79 Å². The number of hydrogen-bond acceptors (Lipinski definition) is 2. The molecule has 0 N–H and O–H groups in total. The van der Waals surface area contributed by atoms with Crippen LogP contribution in [0.4, 0.5) is 8.78 Å². The van der Waals surface area contributed by atoms with E-state index in [9.17, 15) is 13.6 Å². The van der Waals surface area contributed by atoms with Gasteiger partial charge in [0, 0.05) is 17.9 Å². The SMILES string of the molecule is O=C(c1ccccc1OC(F)F)N1CCCCCC1CBr. The second-order valence-electron chi connectivity index (χ2n) is 5.03. The third-order valence-electron chi connectivity index (χ3n) is 3.65. The number of benzene rings is 1. The maximum Gasteiger partial charge on any atom is 0.387 e. The van der Waals surface area contributed by atoms with Crippen LogP contribution >= 0.6 is 15.9 Å². The minimum Gasteiger partial charge on any atom is -0.434 e. The lowest BCUT2D eigenvalue weighted by atomic mass is 10.1. The van der Waals surface area contributed by atoms with E-state index in [0.29, 0.717) is 11.9 Å². The predicted molar refractivity (Wildman–Crippen MR) is 80.2 cm³/mol. The number of likely N-dealkylation sites (tertiary alicyclic amines) is 1. The molecule has 0 bridgehead atoms. The van der Waals surface area contributed by atoms with E-state index in [1.807, 2.05) is 0 Å². The third-order valence-corrected chi connectivity index (χ3v) is 4.40. The molecule has 1 unspecified atom stereocenters. The molecule has 1 atom stereocenters. The smallest absolute Gasteiger partial charge is 0.387 e. The number of alkyl halides is 3. The van der Waals surface area contributed by atoms with Crippen LogP contribution < -0.4 is 4.74 Å². The van der Waals surface area contributed by atoms with Gasteiger partial charge in [0.1, 0.15) is 5.75 Å². The Morgan fingerprint density at radius 3 is 2.81 bits per heavy atom. The van der Waals surface area contributed by atoms with Gasteiger partial charge in [-0.05, 0) is 25.0 Å². The second kappa shape index (κ2) is 7.73. The number of hydrogen-bond donors (Lipinski definition) is 0. The van der Waals surface area contributed by atoms with Crippen LogP contribution in [-0.2, 0) is 0 Å². The maximum atomic E-state index is 12.7. The van der Waals surface area contributed by atoms with Crippen molar-refractivity contribution in [2.45, 2.75) is 38.3 Å². The largest absolute Gasteiger partial charge is 0.434 e. The molecular weight excluding hydrogens is 344 g/mol. The van der Waals surface area contributed by atoms with Gasteiger partial charge in [0.15, 0.2) is 0 Å². The zero-order chi connectivity index (χ0) is 15.2. The molecule has 0 aliphatic carbocycles. The van der Waals surface area contributed by atoms with Gasteiger partial charge in [-0.2, -0.15) is 8.78 Å². The number of amides is 1. The molecule has 1 aliphatic heterocycles. The molecular formula is C15H18BrF2NO2. The van der Waals surface area contributed by atoms with Crippen molar-refractivity contribution in [2.75, 3.05) is 11.9 Å². The van der Waals surface area contributed by atoms with E-state index in [1.165, 1.54) is 12.1 Å². The van der Waals surface area contributed by atoms with Gasteiger partial charge in [0.25, 0.3) is 5.91 Å². The number of carbonyl (C=O) groups is 1. The van der Waals surface area contributed by atoms with E-state index in [4.69, 9.17) is 0 Å². The number of para-hydroxylation sites is 1. The highest BCUT2D eigenvalue weighted by Gasteiger charge is 2.27. The molecule has 2 rings (SSSR count). The van der Waals surface area contributed by atoms with E-state index in [0.717, 1.165) is 25.7 Å². The van der Waals surface area contributed by atoms with Crippen molar-refractivity contribution in [2.24, 2.45) is 0 Å². The summed E-state index contributed by atoms with van der Waals surface area (Å²) in [6.45, 7) is -2.28. The summed E-state index contributed by atoms with van der Waals surface area (Å²) in [5, 5.41) is 0.691. The van der Waals surface area contributed by atoms with E-state index >= 15 is 0 Å². The van der Waals surface area contributed by atoms with Gasteiger partial charge >= 0.3 is 6.61 Å². The Labute approximate surface area is 131 Å². The average Bonchev–Trinajstić information content (AvgIpc) is 2.71. The molecule has 0 aromatic heterocycles. The molecule has 1 saturated heterocycles. The van der Waals surface area contributed by atoms with Crippen molar-refractivity contribution in [1.29, 1.82) is 0 Å². The first-order valence-corrected chi connectivity index (χ1v) is 8.16. The number of rotatable bonds is 4. The number of nitrogens with zero attached hydrogens (tertiary/aromatic N) is 1. The van der Waals surface area contributed by atoms with Gasteiger partial charge in [0.2, 0.25) is 0 Å². The quantitative estimate of drug-likeness (QED) is 0.756. The topological polar surface area (TPSA) is 29.5 Å². The Bertz CT molecular complexity index is 484. The standard InChI is InChI=1S/C15H18BrF2NO2/c16-10-11-6-2-1-5-9-19(11)14(20)12-7-3-4-8-13(12)21-15(17)18/h3-4,7-8,11,15H,1-2,5-6,9-10H2. The van der Waals surface area contributed by atoms with Crippen LogP contribution in [0.15, 0.2) is 24.3 Å². The van der Waals surface area contributed by atoms with Crippen LogP contribution in [-0.4, -0.2) is 35.3 Å². The minimum absolute atomic E-state index is 0.0601. The molecule has 1 amide bonds. The van der Waals surface area contributed by atoms with Crippen molar-refractivity contribution in [1.82, 2.24) is 4.90 Å². The van der Waals surface area contributed by atoms with Gasteiger partial charge < -0.3 is 9.64 Å². The highest BCUT2D eigenvalue weighted by atomic mass is 79.9. The van der Waals surface area contributed by atoms with E-state index in [2.05, 4.69) is 20.7 Å². The zero-order valence-electron chi connectivity index (χ0n) is 11.6. The van der Waals surface area contributed by atoms with Crippen molar-refractivity contribution < 1.29 is 18.3 Å². The van der Waals surface area contributed by atoms with Crippen molar-refractivity contribution >= 4 is 21.8 Å². The van der Waals surface area contributed by atoms with Gasteiger partial charge in [0.05, 0.1) is 5.56 Å². The Morgan fingerprint density at radius 2 is 2.10 bits per heavy atom. The fourth-order valence-electron chi connectivity index (χ4n) is 2.60. The fraction of sp³-hybridized carbons (Fsp3) is 0.533. The summed E-state index contributed by atoms with van der Waals surface area (Å²) < 4.78 is 29.4. The maximum absolute atomic E-state index is 12.7. The minimum atomic E-state index is -2.94. The molecule has 1 aromatic rings. The normalized spacial score (nSPS) is 19.4. The van der Waals surface area contributed by atoms with Gasteiger partial charge in [-0.1, -0.05) is 40.9 Å². The molecule has 1 aromatic carbocycles. The molecule has 1 aliphatic rings. The molecule has 1 fully saturated rings. The third kappa shape index (κ3) is 4.15. The van der Waals surface area contributed by atoms with Crippen LogP contribution in [0, 0.1) is 0 Å². The van der Waals surface area contributed by atoms with Crippen LogP contribution in [0.2, 0.25) is 0 Å². The molecule has 6 heteroatoms. The van der Waals surface area contributed by atoms with Crippen LogP contribution in [0.5, 0.6) is 5.75 Å². The van der Waals surface area contributed by atoms with E-state index in [-0.39, 0.29) is 23.3 Å². The van der Waals surface area contributed by atoms with Crippen LogP contribution in [0.1, 0.15) is 36.0 Å². The fourth-order valence-corrected chi connectivity index (χ4v) is 3.28. The molecule has 116 valence electrons. The summed E-state index contributed by atoms with van der Waals surface area (Å²) in [4.78, 5) is 14.5. The molecule has 0 radical (unpaired) electrons. The zero-order valence-corrected chi connectivity index (χ0v) is 13.2. The molecule has 0 spiro atoms. The first-order chi connectivity index (χ1) is 10.1. The molecule has 1 heterocycles. The van der Waals surface area contributed by atoms with Gasteiger partial charge in [-0.25, -0.2) is 0 Å². The molecule has 3 nitrogen and oxygen atoms in total. The van der Waals surface area contributed by atoms with Crippen LogP contribution in [0.3, 0.4) is 0 Å². The summed E-state index contributed by atoms with van der Waals surface area (Å²) in [6, 6.07) is 6.28. The summed E-state index contributed by atoms with van der Waals surface area (Å²) in [7, 11) is 0.